The molecule has 0 bridgehead atoms. The molecule has 0 spiro atoms. The van der Waals surface area contributed by atoms with Gasteiger partial charge in [-0.05, 0) is 25.1 Å². The monoisotopic (exact) mass is 423 g/mol. The standard InChI is InChI=1S/C13H17ClF3N3O3S.ClH/c1-8(7-18)20-12(21)4-5-19-24(22,23)9-2-3-11(14)10(6-9)13(15,16)17;/h2-3,6,8,19H,4-5,7,18H2,1H3,(H,20,21);1H/t8-;/m0./s1. The number of nitrogens with one attached hydrogen (secondary N) is 2. The fraction of sp³-hybridized carbons (Fsp3) is 0.462. The molecule has 144 valence electrons. The maximum Gasteiger partial charge on any atom is 0.417 e. The van der Waals surface area contributed by atoms with Crippen LogP contribution in [0.15, 0.2) is 23.1 Å². The number of sulfonamides is 1. The van der Waals surface area contributed by atoms with Crippen molar-refractivity contribution < 1.29 is 26.4 Å². The number of nitrogens with two attached hydrogens (primary N) is 1. The molecule has 0 saturated heterocycles. The molecule has 1 aromatic carbocycles. The van der Waals surface area contributed by atoms with Gasteiger partial charge in [0.1, 0.15) is 0 Å². The van der Waals surface area contributed by atoms with E-state index in [1.54, 1.807) is 6.92 Å². The summed E-state index contributed by atoms with van der Waals surface area (Å²) in [4.78, 5) is 10.9. The Hall–Kier alpha value is -1.07. The van der Waals surface area contributed by atoms with Crippen LogP contribution in [0.1, 0.15) is 18.9 Å². The van der Waals surface area contributed by atoms with Crippen molar-refractivity contribution in [2.24, 2.45) is 5.73 Å². The third-order valence-electron chi connectivity index (χ3n) is 2.96. The summed E-state index contributed by atoms with van der Waals surface area (Å²) >= 11 is 5.44. The molecule has 1 aromatic rings. The number of hydrogen-bond acceptors (Lipinski definition) is 4. The largest absolute Gasteiger partial charge is 0.417 e. The Morgan fingerprint density at radius 1 is 1.36 bits per heavy atom. The first kappa shape index (κ1) is 23.9. The first-order chi connectivity index (χ1) is 11.0. The van der Waals surface area contributed by atoms with E-state index in [0.29, 0.717) is 6.07 Å². The van der Waals surface area contributed by atoms with Gasteiger partial charge in [-0.15, -0.1) is 12.4 Å². The number of hydrogen-bond donors (Lipinski definition) is 3. The molecule has 0 saturated carbocycles. The van der Waals surface area contributed by atoms with Crippen LogP contribution in [0.5, 0.6) is 0 Å². The van der Waals surface area contributed by atoms with E-state index >= 15 is 0 Å². The molecule has 0 aliphatic rings. The van der Waals surface area contributed by atoms with Crippen molar-refractivity contribution in [1.82, 2.24) is 10.0 Å². The van der Waals surface area contributed by atoms with Crippen molar-refractivity contribution in [3.05, 3.63) is 28.8 Å². The molecule has 1 atom stereocenters. The van der Waals surface area contributed by atoms with Crippen molar-refractivity contribution in [3.8, 4) is 0 Å². The molecule has 0 aliphatic heterocycles. The lowest BCUT2D eigenvalue weighted by molar-refractivity contribution is -0.137. The van der Waals surface area contributed by atoms with Crippen molar-refractivity contribution in [2.45, 2.75) is 30.5 Å². The van der Waals surface area contributed by atoms with Gasteiger partial charge in [-0.25, -0.2) is 13.1 Å². The van der Waals surface area contributed by atoms with E-state index in [2.05, 4.69) is 10.0 Å². The molecule has 0 radical (unpaired) electrons. The van der Waals surface area contributed by atoms with Gasteiger partial charge in [0, 0.05) is 25.6 Å². The molecule has 6 nitrogen and oxygen atoms in total. The summed E-state index contributed by atoms with van der Waals surface area (Å²) in [7, 11) is -4.20. The predicted molar refractivity (Wildman–Crippen MR) is 90.2 cm³/mol. The molecule has 12 heteroatoms. The SMILES string of the molecule is C[C@@H](CN)NC(=O)CCNS(=O)(=O)c1ccc(Cl)c(C(F)(F)F)c1.Cl. The second-order valence-corrected chi connectivity index (χ2v) is 7.17. The number of carbonyl (C=O) groups excluding carboxylic acids is 1. The summed E-state index contributed by atoms with van der Waals surface area (Å²) in [5, 5.41) is 1.93. The Morgan fingerprint density at radius 3 is 2.48 bits per heavy atom. The van der Waals surface area contributed by atoms with Crippen molar-refractivity contribution in [3.63, 3.8) is 0 Å². The summed E-state index contributed by atoms with van der Waals surface area (Å²) in [6.07, 6.45) is -4.95. The fourth-order valence-corrected chi connectivity index (χ4v) is 2.96. The maximum atomic E-state index is 12.8. The minimum atomic E-state index is -4.78. The van der Waals surface area contributed by atoms with Gasteiger partial charge in [0.2, 0.25) is 15.9 Å². The molecular formula is C13H18Cl2F3N3O3S. The first-order valence-corrected chi connectivity index (χ1v) is 8.69. The minimum Gasteiger partial charge on any atom is -0.352 e. The van der Waals surface area contributed by atoms with E-state index in [-0.39, 0.29) is 38.0 Å². The van der Waals surface area contributed by atoms with Gasteiger partial charge in [-0.1, -0.05) is 11.6 Å². The average Bonchev–Trinajstić information content (AvgIpc) is 2.45. The lowest BCUT2D eigenvalue weighted by atomic mass is 10.2. The van der Waals surface area contributed by atoms with Gasteiger partial charge in [-0.2, -0.15) is 13.2 Å². The van der Waals surface area contributed by atoms with Gasteiger partial charge < -0.3 is 11.1 Å². The zero-order chi connectivity index (χ0) is 18.5. The van der Waals surface area contributed by atoms with E-state index in [9.17, 15) is 26.4 Å². The smallest absolute Gasteiger partial charge is 0.352 e. The van der Waals surface area contributed by atoms with E-state index in [4.69, 9.17) is 17.3 Å². The Balaban J connectivity index is 0.00000576. The zero-order valence-corrected chi connectivity index (χ0v) is 15.5. The van der Waals surface area contributed by atoms with Crippen molar-refractivity contribution in [1.29, 1.82) is 0 Å². The van der Waals surface area contributed by atoms with Gasteiger partial charge >= 0.3 is 6.18 Å². The molecule has 0 fully saturated rings. The van der Waals surface area contributed by atoms with Crippen LogP contribution in [0.4, 0.5) is 13.2 Å². The van der Waals surface area contributed by atoms with E-state index in [0.717, 1.165) is 12.1 Å². The highest BCUT2D eigenvalue weighted by Gasteiger charge is 2.34. The molecule has 0 unspecified atom stereocenters. The van der Waals surface area contributed by atoms with Crippen LogP contribution < -0.4 is 15.8 Å². The Morgan fingerprint density at radius 2 is 1.96 bits per heavy atom. The number of rotatable bonds is 7. The number of halogens is 5. The number of alkyl halides is 3. The normalized spacial score (nSPS) is 13.0. The van der Waals surface area contributed by atoms with Crippen LogP contribution in [0, 0.1) is 0 Å². The Bertz CT molecular complexity index is 699. The van der Waals surface area contributed by atoms with Gasteiger partial charge in [0.05, 0.1) is 15.5 Å². The quantitative estimate of drug-likeness (QED) is 0.623. The molecule has 0 aliphatic carbocycles. The Kier molecular flexibility index (Phi) is 9.17. The van der Waals surface area contributed by atoms with E-state index in [1.165, 1.54) is 0 Å². The highest BCUT2D eigenvalue weighted by atomic mass is 35.5. The van der Waals surface area contributed by atoms with Gasteiger partial charge in [-0.3, -0.25) is 4.79 Å². The third kappa shape index (κ3) is 7.37. The second kappa shape index (κ2) is 9.58. The van der Waals surface area contributed by atoms with Crippen molar-refractivity contribution >= 4 is 39.9 Å². The summed E-state index contributed by atoms with van der Waals surface area (Å²) in [6.45, 7) is 1.63. The second-order valence-electron chi connectivity index (χ2n) is 4.99. The first-order valence-electron chi connectivity index (χ1n) is 6.83. The molecule has 0 aromatic heterocycles. The number of benzene rings is 1. The van der Waals surface area contributed by atoms with Crippen LogP contribution in [0.3, 0.4) is 0 Å². The van der Waals surface area contributed by atoms with Gasteiger partial charge in [0.25, 0.3) is 0 Å². The lowest BCUT2D eigenvalue weighted by Crippen LogP contribution is -2.39. The fourth-order valence-electron chi connectivity index (χ4n) is 1.68. The molecule has 4 N–H and O–H groups in total. The van der Waals surface area contributed by atoms with Crippen LogP contribution in [-0.4, -0.2) is 33.5 Å². The van der Waals surface area contributed by atoms with Crippen LogP contribution in [0.2, 0.25) is 5.02 Å². The van der Waals surface area contributed by atoms with Crippen LogP contribution in [0.25, 0.3) is 0 Å². The Labute approximate surface area is 154 Å². The number of amides is 1. The minimum absolute atomic E-state index is 0. The van der Waals surface area contributed by atoms with Crippen LogP contribution in [-0.2, 0) is 21.0 Å². The lowest BCUT2D eigenvalue weighted by Gasteiger charge is -2.13. The van der Waals surface area contributed by atoms with E-state index < -0.39 is 37.6 Å². The molecule has 1 rings (SSSR count). The summed E-state index contributed by atoms with van der Waals surface area (Å²) in [5.74, 6) is -0.428. The maximum absolute atomic E-state index is 12.8. The highest BCUT2D eigenvalue weighted by Crippen LogP contribution is 2.35. The summed E-state index contributed by atoms with van der Waals surface area (Å²) < 4.78 is 64.4. The molecular weight excluding hydrogens is 406 g/mol. The van der Waals surface area contributed by atoms with Crippen LogP contribution >= 0.6 is 24.0 Å². The number of carbonyl (C=O) groups is 1. The summed E-state index contributed by atoms with van der Waals surface area (Å²) in [6, 6.07) is 1.99. The van der Waals surface area contributed by atoms with Crippen molar-refractivity contribution in [2.75, 3.05) is 13.1 Å². The zero-order valence-electron chi connectivity index (χ0n) is 13.1. The summed E-state index contributed by atoms with van der Waals surface area (Å²) in [5.41, 5.74) is 4.08. The predicted octanol–water partition coefficient (Wildman–Crippen LogP) is 1.91. The van der Waals surface area contributed by atoms with E-state index in [1.807, 2.05) is 0 Å². The highest BCUT2D eigenvalue weighted by molar-refractivity contribution is 7.89. The third-order valence-corrected chi connectivity index (χ3v) is 4.75. The molecule has 0 heterocycles. The molecule has 1 amide bonds. The van der Waals surface area contributed by atoms with Gasteiger partial charge in [0.15, 0.2) is 0 Å². The topological polar surface area (TPSA) is 101 Å². The molecule has 25 heavy (non-hydrogen) atoms. The average molecular weight is 424 g/mol.